The van der Waals surface area contributed by atoms with Crippen LogP contribution in [0, 0.1) is 0 Å². The molecule has 1 heterocycles. The van der Waals surface area contributed by atoms with Crippen molar-refractivity contribution in [1.29, 1.82) is 0 Å². The molecule has 1 aliphatic rings. The molecule has 1 saturated heterocycles. The minimum absolute atomic E-state index is 0.0654. The third-order valence-electron chi connectivity index (χ3n) is 2.20. The van der Waals surface area contributed by atoms with Gasteiger partial charge in [0.2, 0.25) is 0 Å². The first-order valence-corrected chi connectivity index (χ1v) is 5.01. The number of rotatable bonds is 3. The molecule has 0 aromatic carbocycles. The van der Waals surface area contributed by atoms with Gasteiger partial charge in [-0.25, -0.2) is 0 Å². The Kier molecular flexibility index (Phi) is 4.43. The van der Waals surface area contributed by atoms with Crippen molar-refractivity contribution in [2.24, 2.45) is 0 Å². The van der Waals surface area contributed by atoms with E-state index < -0.39 is 0 Å². The molecule has 0 aliphatic carbocycles. The minimum Gasteiger partial charge on any atom is -0.466 e. The van der Waals surface area contributed by atoms with Crippen LogP contribution in [-0.4, -0.2) is 24.6 Å². The Morgan fingerprint density at radius 3 is 3.07 bits per heavy atom. The van der Waals surface area contributed by atoms with Gasteiger partial charge in [-0.3, -0.25) is 9.59 Å². The van der Waals surface area contributed by atoms with E-state index in [0.717, 1.165) is 19.3 Å². The fraction of sp³-hybridized carbons (Fsp3) is 0.800. The van der Waals surface area contributed by atoms with Crippen LogP contribution in [0.25, 0.3) is 0 Å². The summed E-state index contributed by atoms with van der Waals surface area (Å²) < 4.78 is 9.95. The van der Waals surface area contributed by atoms with Crippen LogP contribution >= 0.6 is 0 Å². The number of hydrogen-bond acceptors (Lipinski definition) is 4. The van der Waals surface area contributed by atoms with Crippen molar-refractivity contribution < 1.29 is 19.1 Å². The number of esters is 2. The lowest BCUT2D eigenvalue weighted by Crippen LogP contribution is -2.18. The van der Waals surface area contributed by atoms with E-state index in [0.29, 0.717) is 19.4 Å². The summed E-state index contributed by atoms with van der Waals surface area (Å²) >= 11 is 0. The lowest BCUT2D eigenvalue weighted by Gasteiger charge is -2.14. The van der Waals surface area contributed by atoms with Crippen LogP contribution in [0.2, 0.25) is 0 Å². The number of hydrogen-bond donors (Lipinski definition) is 0. The maximum Gasteiger partial charge on any atom is 0.306 e. The van der Waals surface area contributed by atoms with Crippen LogP contribution in [0.3, 0.4) is 0 Å². The average Bonchev–Trinajstić information content (AvgIpc) is 2.29. The standard InChI is InChI=1S/C10H16O4/c1-8(11)13-7-6-9-4-2-3-5-10(12)14-9/h9H,2-7H2,1H3/t9-/m0/s1. The number of carbonyl (C=O) groups is 2. The van der Waals surface area contributed by atoms with Crippen molar-refractivity contribution in [3.63, 3.8) is 0 Å². The van der Waals surface area contributed by atoms with E-state index in [1.165, 1.54) is 6.92 Å². The van der Waals surface area contributed by atoms with Crippen LogP contribution in [0.4, 0.5) is 0 Å². The van der Waals surface area contributed by atoms with Gasteiger partial charge in [-0.15, -0.1) is 0 Å². The SMILES string of the molecule is CC(=O)OCC[C@@H]1CCCCC(=O)O1. The topological polar surface area (TPSA) is 52.6 Å². The summed E-state index contributed by atoms with van der Waals surface area (Å²) in [5, 5.41) is 0. The molecule has 1 fully saturated rings. The summed E-state index contributed by atoms with van der Waals surface area (Å²) in [5.74, 6) is -0.416. The highest BCUT2D eigenvalue weighted by Gasteiger charge is 2.18. The number of cyclic esters (lactones) is 1. The highest BCUT2D eigenvalue weighted by molar-refractivity contribution is 5.69. The largest absolute Gasteiger partial charge is 0.466 e. The van der Waals surface area contributed by atoms with Gasteiger partial charge in [-0.2, -0.15) is 0 Å². The molecule has 0 amide bonds. The smallest absolute Gasteiger partial charge is 0.306 e. The Bertz CT molecular complexity index is 212. The Balaban J connectivity index is 2.21. The molecule has 0 bridgehead atoms. The van der Waals surface area contributed by atoms with Crippen molar-refractivity contribution in [3.8, 4) is 0 Å². The fourth-order valence-corrected chi connectivity index (χ4v) is 1.48. The molecule has 0 aromatic heterocycles. The Morgan fingerprint density at radius 2 is 2.36 bits per heavy atom. The molecule has 4 nitrogen and oxygen atoms in total. The average molecular weight is 200 g/mol. The molecule has 0 saturated carbocycles. The van der Waals surface area contributed by atoms with E-state index in [-0.39, 0.29) is 18.0 Å². The van der Waals surface area contributed by atoms with E-state index in [2.05, 4.69) is 0 Å². The maximum atomic E-state index is 11.1. The van der Waals surface area contributed by atoms with E-state index in [4.69, 9.17) is 9.47 Å². The first-order valence-electron chi connectivity index (χ1n) is 5.01. The zero-order chi connectivity index (χ0) is 10.4. The first-order chi connectivity index (χ1) is 6.68. The quantitative estimate of drug-likeness (QED) is 0.646. The monoisotopic (exact) mass is 200 g/mol. The third-order valence-corrected chi connectivity index (χ3v) is 2.20. The van der Waals surface area contributed by atoms with E-state index in [1.54, 1.807) is 0 Å². The molecule has 4 heteroatoms. The van der Waals surface area contributed by atoms with Gasteiger partial charge in [0.05, 0.1) is 6.61 Å². The highest BCUT2D eigenvalue weighted by Crippen LogP contribution is 2.16. The summed E-state index contributed by atoms with van der Waals surface area (Å²) in [7, 11) is 0. The third kappa shape index (κ3) is 4.25. The normalized spacial score (nSPS) is 22.4. The van der Waals surface area contributed by atoms with Gasteiger partial charge in [0.15, 0.2) is 0 Å². The second-order valence-electron chi connectivity index (χ2n) is 3.49. The Morgan fingerprint density at radius 1 is 1.57 bits per heavy atom. The second-order valence-corrected chi connectivity index (χ2v) is 3.49. The molecule has 80 valence electrons. The molecule has 14 heavy (non-hydrogen) atoms. The van der Waals surface area contributed by atoms with Crippen molar-refractivity contribution >= 4 is 11.9 Å². The molecule has 0 radical (unpaired) electrons. The molecule has 1 rings (SSSR count). The van der Waals surface area contributed by atoms with E-state index >= 15 is 0 Å². The van der Waals surface area contributed by atoms with Gasteiger partial charge >= 0.3 is 11.9 Å². The summed E-state index contributed by atoms with van der Waals surface area (Å²) in [6.07, 6.45) is 3.87. The first kappa shape index (κ1) is 11.0. The van der Waals surface area contributed by atoms with Crippen molar-refractivity contribution in [2.45, 2.75) is 45.1 Å². The second kappa shape index (κ2) is 5.62. The summed E-state index contributed by atoms with van der Waals surface area (Å²) in [4.78, 5) is 21.5. The molecular formula is C10H16O4. The van der Waals surface area contributed by atoms with Gasteiger partial charge in [0, 0.05) is 19.8 Å². The predicted octanol–water partition coefficient (Wildman–Crippen LogP) is 1.43. The zero-order valence-electron chi connectivity index (χ0n) is 8.45. The van der Waals surface area contributed by atoms with Crippen LogP contribution < -0.4 is 0 Å². The molecule has 0 N–H and O–H groups in total. The molecule has 0 spiro atoms. The van der Waals surface area contributed by atoms with Crippen molar-refractivity contribution in [1.82, 2.24) is 0 Å². The van der Waals surface area contributed by atoms with Gasteiger partial charge < -0.3 is 9.47 Å². The Hall–Kier alpha value is -1.06. The lowest BCUT2D eigenvalue weighted by molar-refractivity contribution is -0.149. The molecule has 1 aliphatic heterocycles. The van der Waals surface area contributed by atoms with Crippen molar-refractivity contribution in [2.75, 3.05) is 6.61 Å². The Labute approximate surface area is 83.6 Å². The number of ether oxygens (including phenoxy) is 2. The molecule has 0 unspecified atom stereocenters. The van der Waals surface area contributed by atoms with E-state index in [1.807, 2.05) is 0 Å². The maximum absolute atomic E-state index is 11.1. The summed E-state index contributed by atoms with van der Waals surface area (Å²) in [6, 6.07) is 0. The van der Waals surface area contributed by atoms with Gasteiger partial charge in [0.25, 0.3) is 0 Å². The molecule has 1 atom stereocenters. The van der Waals surface area contributed by atoms with Crippen LogP contribution in [-0.2, 0) is 19.1 Å². The zero-order valence-corrected chi connectivity index (χ0v) is 8.45. The predicted molar refractivity (Wildman–Crippen MR) is 49.6 cm³/mol. The van der Waals surface area contributed by atoms with Crippen LogP contribution in [0.15, 0.2) is 0 Å². The fourth-order valence-electron chi connectivity index (χ4n) is 1.48. The van der Waals surface area contributed by atoms with Crippen LogP contribution in [0.5, 0.6) is 0 Å². The molecule has 0 aromatic rings. The van der Waals surface area contributed by atoms with Crippen molar-refractivity contribution in [3.05, 3.63) is 0 Å². The van der Waals surface area contributed by atoms with Gasteiger partial charge in [-0.05, 0) is 19.3 Å². The molecular weight excluding hydrogens is 184 g/mol. The summed E-state index contributed by atoms with van der Waals surface area (Å²) in [6.45, 7) is 1.71. The van der Waals surface area contributed by atoms with E-state index in [9.17, 15) is 9.59 Å². The van der Waals surface area contributed by atoms with Gasteiger partial charge in [-0.1, -0.05) is 0 Å². The lowest BCUT2D eigenvalue weighted by atomic mass is 10.1. The minimum atomic E-state index is -0.287. The van der Waals surface area contributed by atoms with Crippen LogP contribution in [0.1, 0.15) is 39.0 Å². The van der Waals surface area contributed by atoms with Gasteiger partial charge in [0.1, 0.15) is 6.10 Å². The summed E-state index contributed by atoms with van der Waals surface area (Å²) in [5.41, 5.74) is 0. The highest BCUT2D eigenvalue weighted by atomic mass is 16.6. The number of carbonyl (C=O) groups excluding carboxylic acids is 2.